The summed E-state index contributed by atoms with van der Waals surface area (Å²) in [5.41, 5.74) is 6.81. The van der Waals surface area contributed by atoms with Gasteiger partial charge < -0.3 is 11.1 Å². The van der Waals surface area contributed by atoms with Crippen LogP contribution in [0, 0.1) is 11.6 Å². The van der Waals surface area contributed by atoms with Crippen molar-refractivity contribution in [2.75, 3.05) is 11.1 Å². The summed E-state index contributed by atoms with van der Waals surface area (Å²) >= 11 is 11.3. The van der Waals surface area contributed by atoms with Crippen LogP contribution in [-0.4, -0.2) is 0 Å². The van der Waals surface area contributed by atoms with E-state index in [0.717, 1.165) is 0 Å². The van der Waals surface area contributed by atoms with Crippen molar-refractivity contribution in [1.82, 2.24) is 0 Å². The maximum atomic E-state index is 13.2. The first-order valence-corrected chi connectivity index (χ1v) is 5.69. The minimum absolute atomic E-state index is 0.106. The van der Waals surface area contributed by atoms with Gasteiger partial charge in [-0.2, -0.15) is 0 Å². The molecule has 18 heavy (non-hydrogen) atoms. The predicted octanol–water partition coefficient (Wildman–Crippen LogP) is 4.60. The molecule has 0 aliphatic rings. The summed E-state index contributed by atoms with van der Waals surface area (Å²) in [5.74, 6) is -1.12. The number of rotatable bonds is 2. The van der Waals surface area contributed by atoms with E-state index in [0.29, 0.717) is 11.4 Å². The lowest BCUT2D eigenvalue weighted by atomic mass is 10.2. The largest absolute Gasteiger partial charge is 0.397 e. The van der Waals surface area contributed by atoms with Gasteiger partial charge in [-0.3, -0.25) is 0 Å². The van der Waals surface area contributed by atoms with E-state index < -0.39 is 11.6 Å². The Kier molecular flexibility index (Phi) is 3.59. The molecule has 2 rings (SSSR count). The van der Waals surface area contributed by atoms with E-state index in [1.165, 1.54) is 30.3 Å². The Morgan fingerprint density at radius 2 is 1.61 bits per heavy atom. The van der Waals surface area contributed by atoms with Gasteiger partial charge in [-0.1, -0.05) is 23.2 Å². The highest BCUT2D eigenvalue weighted by Gasteiger charge is 2.08. The lowest BCUT2D eigenvalue weighted by molar-refractivity contribution is 0.628. The monoisotopic (exact) mass is 288 g/mol. The molecule has 0 spiro atoms. The molecular weight excluding hydrogens is 281 g/mol. The minimum atomic E-state index is -0.684. The Labute approximate surface area is 112 Å². The molecule has 0 amide bonds. The first-order chi connectivity index (χ1) is 8.47. The van der Waals surface area contributed by atoms with E-state index in [1.807, 2.05) is 0 Å². The van der Waals surface area contributed by atoms with Gasteiger partial charge in [0.05, 0.1) is 21.4 Å². The lowest BCUT2D eigenvalue weighted by Gasteiger charge is -2.10. The first-order valence-electron chi connectivity index (χ1n) is 4.94. The second-order valence-corrected chi connectivity index (χ2v) is 4.42. The van der Waals surface area contributed by atoms with Crippen molar-refractivity contribution in [3.05, 3.63) is 52.0 Å². The molecule has 0 unspecified atom stereocenters. The predicted molar refractivity (Wildman–Crippen MR) is 70.5 cm³/mol. The number of nitrogens with two attached hydrogens (primary N) is 1. The van der Waals surface area contributed by atoms with Crippen molar-refractivity contribution in [1.29, 1.82) is 0 Å². The molecule has 6 heteroatoms. The molecular formula is C12H8Cl2F2N2. The number of halogens is 4. The second-order valence-electron chi connectivity index (χ2n) is 3.61. The van der Waals surface area contributed by atoms with Crippen molar-refractivity contribution < 1.29 is 8.78 Å². The third kappa shape index (κ3) is 2.66. The summed E-state index contributed by atoms with van der Waals surface area (Å²) in [7, 11) is 0. The molecule has 2 aromatic carbocycles. The van der Waals surface area contributed by atoms with Crippen molar-refractivity contribution >= 4 is 40.3 Å². The van der Waals surface area contributed by atoms with E-state index in [2.05, 4.69) is 5.32 Å². The van der Waals surface area contributed by atoms with Gasteiger partial charge in [-0.15, -0.1) is 0 Å². The number of benzene rings is 2. The zero-order valence-corrected chi connectivity index (χ0v) is 10.5. The number of nitrogen functional groups attached to an aromatic ring is 1. The second kappa shape index (κ2) is 5.00. The van der Waals surface area contributed by atoms with Crippen molar-refractivity contribution in [2.24, 2.45) is 0 Å². The van der Waals surface area contributed by atoms with Crippen LogP contribution in [0.4, 0.5) is 25.8 Å². The summed E-state index contributed by atoms with van der Waals surface area (Å²) in [6.07, 6.45) is 0. The van der Waals surface area contributed by atoms with Crippen LogP contribution < -0.4 is 11.1 Å². The molecule has 0 heterocycles. The Hall–Kier alpha value is -1.52. The fraction of sp³-hybridized carbons (Fsp3) is 0. The smallest absolute Gasteiger partial charge is 0.160 e. The van der Waals surface area contributed by atoms with Crippen LogP contribution in [0.5, 0.6) is 0 Å². The van der Waals surface area contributed by atoms with E-state index in [9.17, 15) is 8.78 Å². The Morgan fingerprint density at radius 3 is 2.17 bits per heavy atom. The molecule has 94 valence electrons. The Bertz CT molecular complexity index is 580. The molecule has 3 N–H and O–H groups in total. The first kappa shape index (κ1) is 12.9. The number of hydrogen-bond donors (Lipinski definition) is 2. The third-order valence-electron chi connectivity index (χ3n) is 2.28. The van der Waals surface area contributed by atoms with E-state index in [1.54, 1.807) is 0 Å². The van der Waals surface area contributed by atoms with Gasteiger partial charge in [0.25, 0.3) is 0 Å². The zero-order valence-electron chi connectivity index (χ0n) is 8.98. The Morgan fingerprint density at radius 1 is 1.00 bits per heavy atom. The summed E-state index contributed by atoms with van der Waals surface area (Å²) in [4.78, 5) is 0. The molecule has 2 nitrogen and oxygen atoms in total. The Balaban J connectivity index is 2.34. The van der Waals surface area contributed by atoms with Crippen molar-refractivity contribution in [2.45, 2.75) is 0 Å². The van der Waals surface area contributed by atoms with E-state index >= 15 is 0 Å². The van der Waals surface area contributed by atoms with E-state index in [-0.39, 0.29) is 15.7 Å². The molecule has 0 saturated carbocycles. The van der Waals surface area contributed by atoms with Crippen LogP contribution in [0.15, 0.2) is 30.3 Å². The van der Waals surface area contributed by atoms with Gasteiger partial charge in [0, 0.05) is 5.69 Å². The van der Waals surface area contributed by atoms with Crippen molar-refractivity contribution in [3.8, 4) is 0 Å². The molecule has 0 aromatic heterocycles. The molecule has 0 saturated heterocycles. The molecule has 0 atom stereocenters. The minimum Gasteiger partial charge on any atom is -0.397 e. The lowest BCUT2D eigenvalue weighted by Crippen LogP contribution is -1.97. The van der Waals surface area contributed by atoms with Crippen LogP contribution >= 0.6 is 23.2 Å². The molecule has 0 bridgehead atoms. The maximum Gasteiger partial charge on any atom is 0.160 e. The van der Waals surface area contributed by atoms with Crippen molar-refractivity contribution in [3.63, 3.8) is 0 Å². The van der Waals surface area contributed by atoms with Gasteiger partial charge in [0.1, 0.15) is 5.82 Å². The fourth-order valence-electron chi connectivity index (χ4n) is 1.43. The highest BCUT2D eigenvalue weighted by molar-refractivity contribution is 6.35. The van der Waals surface area contributed by atoms with Gasteiger partial charge in [0.15, 0.2) is 5.82 Å². The maximum absolute atomic E-state index is 13.2. The average Bonchev–Trinajstić information content (AvgIpc) is 2.29. The van der Waals surface area contributed by atoms with Gasteiger partial charge in [-0.25, -0.2) is 8.78 Å². The molecule has 0 radical (unpaired) electrons. The molecule has 0 aliphatic carbocycles. The van der Waals surface area contributed by atoms with Gasteiger partial charge in [-0.05, 0) is 30.3 Å². The fourth-order valence-corrected chi connectivity index (χ4v) is 1.92. The standard InChI is InChI=1S/C12H8Cl2F2N2/c13-8-4-7(5-9(14)12(8)16)18-11-2-1-6(15)3-10(11)17/h1-5,18H,17H2. The highest BCUT2D eigenvalue weighted by atomic mass is 35.5. The van der Waals surface area contributed by atoms with E-state index in [4.69, 9.17) is 28.9 Å². The number of anilines is 3. The summed E-state index contributed by atoms with van der Waals surface area (Å²) in [5, 5.41) is 2.67. The average molecular weight is 289 g/mol. The van der Waals surface area contributed by atoms with Crippen LogP contribution in [0.2, 0.25) is 10.0 Å². The summed E-state index contributed by atoms with van der Waals surface area (Å²) < 4.78 is 26.1. The summed E-state index contributed by atoms with van der Waals surface area (Å²) in [6.45, 7) is 0. The quantitative estimate of drug-likeness (QED) is 0.626. The third-order valence-corrected chi connectivity index (χ3v) is 2.83. The zero-order chi connectivity index (χ0) is 13.3. The molecule has 2 aromatic rings. The van der Waals surface area contributed by atoms with Gasteiger partial charge in [0.2, 0.25) is 0 Å². The molecule has 0 fully saturated rings. The van der Waals surface area contributed by atoms with Crippen LogP contribution in [0.3, 0.4) is 0 Å². The number of hydrogen-bond acceptors (Lipinski definition) is 2. The van der Waals surface area contributed by atoms with Gasteiger partial charge >= 0.3 is 0 Å². The SMILES string of the molecule is Nc1cc(F)ccc1Nc1cc(Cl)c(F)c(Cl)c1. The number of nitrogens with one attached hydrogen (secondary N) is 1. The van der Waals surface area contributed by atoms with Crippen LogP contribution in [0.1, 0.15) is 0 Å². The van der Waals surface area contributed by atoms with Crippen LogP contribution in [-0.2, 0) is 0 Å². The summed E-state index contributed by atoms with van der Waals surface area (Å²) in [6, 6.07) is 6.63. The van der Waals surface area contributed by atoms with Crippen LogP contribution in [0.25, 0.3) is 0 Å². The molecule has 0 aliphatic heterocycles. The topological polar surface area (TPSA) is 38.0 Å². The normalized spacial score (nSPS) is 10.4. The highest BCUT2D eigenvalue weighted by Crippen LogP contribution is 2.30.